The SMILES string of the molecule is C#C.CCc1sc(C(=O)CCc2cc(C)c(OCCCO)c(C)c2)cc1-c1ccc(C)cc1. The van der Waals surface area contributed by atoms with Crippen molar-refractivity contribution in [3.05, 3.63) is 74.5 Å². The largest absolute Gasteiger partial charge is 0.493 e. The average Bonchev–Trinajstić information content (AvgIpc) is 3.26. The molecule has 1 aromatic heterocycles. The first-order valence-electron chi connectivity index (χ1n) is 11.3. The van der Waals surface area contributed by atoms with E-state index in [0.717, 1.165) is 40.2 Å². The summed E-state index contributed by atoms with van der Waals surface area (Å²) in [6, 6.07) is 14.8. The normalized spacial score (nSPS) is 10.4. The van der Waals surface area contributed by atoms with Crippen LogP contribution >= 0.6 is 11.3 Å². The maximum atomic E-state index is 13.0. The predicted octanol–water partition coefficient (Wildman–Crippen LogP) is 6.73. The number of hydrogen-bond donors (Lipinski definition) is 1. The fourth-order valence-electron chi connectivity index (χ4n) is 3.84. The second-order valence-electron chi connectivity index (χ2n) is 8.07. The van der Waals surface area contributed by atoms with E-state index in [4.69, 9.17) is 9.84 Å². The molecule has 0 aliphatic heterocycles. The standard InChI is InChI=1S/C27H32O3S.C2H2/c1-5-25-23(22-10-7-18(2)8-11-22)17-26(31-25)24(29)12-9-21-15-19(3)27(20(4)16-21)30-14-6-13-28;1-2/h7-8,10-11,15-17,28H,5-6,9,12-14H2,1-4H3;1-2H. The molecule has 0 bridgehead atoms. The molecule has 1 heterocycles. The van der Waals surface area contributed by atoms with Gasteiger partial charge in [0.05, 0.1) is 11.5 Å². The molecule has 0 aliphatic carbocycles. The number of hydrogen-bond acceptors (Lipinski definition) is 4. The van der Waals surface area contributed by atoms with Crippen LogP contribution in [-0.4, -0.2) is 24.1 Å². The monoisotopic (exact) mass is 462 g/mol. The highest BCUT2D eigenvalue weighted by molar-refractivity contribution is 7.14. The van der Waals surface area contributed by atoms with Gasteiger partial charge in [-0.15, -0.1) is 24.2 Å². The zero-order valence-electron chi connectivity index (χ0n) is 20.1. The second kappa shape index (κ2) is 13.0. The summed E-state index contributed by atoms with van der Waals surface area (Å²) in [6.45, 7) is 8.95. The van der Waals surface area contributed by atoms with E-state index in [1.165, 1.54) is 21.6 Å². The Morgan fingerprint density at radius 2 is 1.67 bits per heavy atom. The van der Waals surface area contributed by atoms with Gasteiger partial charge in [0.25, 0.3) is 0 Å². The van der Waals surface area contributed by atoms with Crippen molar-refractivity contribution in [2.75, 3.05) is 13.2 Å². The van der Waals surface area contributed by atoms with Crippen molar-refractivity contribution in [3.63, 3.8) is 0 Å². The summed E-state index contributed by atoms with van der Waals surface area (Å²) in [5.74, 6) is 1.09. The van der Waals surface area contributed by atoms with Crippen LogP contribution in [0.1, 0.15) is 56.6 Å². The number of aryl methyl sites for hydroxylation is 5. The minimum Gasteiger partial charge on any atom is -0.493 e. The number of rotatable bonds is 10. The lowest BCUT2D eigenvalue weighted by molar-refractivity contribution is 0.0986. The van der Waals surface area contributed by atoms with Gasteiger partial charge in [-0.05, 0) is 67.5 Å². The van der Waals surface area contributed by atoms with E-state index in [1.807, 2.05) is 13.8 Å². The van der Waals surface area contributed by atoms with Gasteiger partial charge in [-0.3, -0.25) is 4.79 Å². The summed E-state index contributed by atoms with van der Waals surface area (Å²) >= 11 is 1.63. The second-order valence-corrected chi connectivity index (χ2v) is 9.21. The van der Waals surface area contributed by atoms with Gasteiger partial charge in [0.2, 0.25) is 0 Å². The maximum Gasteiger partial charge on any atom is 0.173 e. The summed E-state index contributed by atoms with van der Waals surface area (Å²) in [4.78, 5) is 15.1. The fourth-order valence-corrected chi connectivity index (χ4v) is 4.93. The molecule has 0 atom stereocenters. The molecular formula is C29H34O3S. The van der Waals surface area contributed by atoms with Crippen molar-refractivity contribution in [2.45, 2.75) is 53.4 Å². The summed E-state index contributed by atoms with van der Waals surface area (Å²) in [7, 11) is 0. The number of ether oxygens (including phenoxy) is 1. The van der Waals surface area contributed by atoms with Gasteiger partial charge >= 0.3 is 0 Å². The lowest BCUT2D eigenvalue weighted by Crippen LogP contribution is -2.04. The van der Waals surface area contributed by atoms with Crippen molar-refractivity contribution >= 4 is 17.1 Å². The number of benzene rings is 2. The Balaban J connectivity index is 0.00000187. The van der Waals surface area contributed by atoms with E-state index in [2.05, 4.69) is 69.2 Å². The van der Waals surface area contributed by atoms with Crippen molar-refractivity contribution in [2.24, 2.45) is 0 Å². The van der Waals surface area contributed by atoms with Crippen LogP contribution in [0.15, 0.2) is 42.5 Å². The molecule has 3 aromatic rings. The zero-order valence-corrected chi connectivity index (χ0v) is 20.9. The van der Waals surface area contributed by atoms with E-state index in [1.54, 1.807) is 11.3 Å². The number of thiophene rings is 1. The third kappa shape index (κ3) is 7.05. The smallest absolute Gasteiger partial charge is 0.173 e. The Bertz CT molecular complexity index is 1050. The maximum absolute atomic E-state index is 13.0. The molecule has 0 saturated heterocycles. The molecule has 174 valence electrons. The molecule has 3 rings (SSSR count). The quantitative estimate of drug-likeness (QED) is 0.206. The van der Waals surface area contributed by atoms with Crippen molar-refractivity contribution in [1.29, 1.82) is 0 Å². The van der Waals surface area contributed by atoms with Gasteiger partial charge in [0, 0.05) is 24.3 Å². The van der Waals surface area contributed by atoms with Gasteiger partial charge in [-0.25, -0.2) is 0 Å². The third-order valence-electron chi connectivity index (χ3n) is 5.48. The predicted molar refractivity (Wildman–Crippen MR) is 140 cm³/mol. The van der Waals surface area contributed by atoms with E-state index >= 15 is 0 Å². The van der Waals surface area contributed by atoms with Gasteiger partial charge in [0.1, 0.15) is 5.75 Å². The zero-order chi connectivity index (χ0) is 24.4. The van der Waals surface area contributed by atoms with Crippen LogP contribution in [0.25, 0.3) is 11.1 Å². The highest BCUT2D eigenvalue weighted by Crippen LogP contribution is 2.33. The van der Waals surface area contributed by atoms with Crippen LogP contribution in [0.3, 0.4) is 0 Å². The molecule has 0 spiro atoms. The van der Waals surface area contributed by atoms with E-state index in [-0.39, 0.29) is 12.4 Å². The van der Waals surface area contributed by atoms with Crippen LogP contribution in [0.2, 0.25) is 0 Å². The minimum absolute atomic E-state index is 0.131. The molecule has 0 fully saturated rings. The van der Waals surface area contributed by atoms with Crippen molar-refractivity contribution in [1.82, 2.24) is 0 Å². The highest BCUT2D eigenvalue weighted by Gasteiger charge is 2.16. The summed E-state index contributed by atoms with van der Waals surface area (Å²) in [5, 5.41) is 8.94. The molecule has 3 nitrogen and oxygen atoms in total. The molecule has 2 aromatic carbocycles. The summed E-state index contributed by atoms with van der Waals surface area (Å²) in [6.07, 6.45) is 10.8. The number of ketones is 1. The van der Waals surface area contributed by atoms with Crippen LogP contribution in [0.4, 0.5) is 0 Å². The molecule has 33 heavy (non-hydrogen) atoms. The number of aliphatic hydroxyl groups excluding tert-OH is 1. The number of carbonyl (C=O) groups excluding carboxylic acids is 1. The van der Waals surface area contributed by atoms with Gasteiger partial charge in [-0.1, -0.05) is 48.9 Å². The van der Waals surface area contributed by atoms with Crippen molar-refractivity contribution < 1.29 is 14.6 Å². The molecular weight excluding hydrogens is 428 g/mol. The van der Waals surface area contributed by atoms with E-state index in [9.17, 15) is 4.79 Å². The molecule has 4 heteroatoms. The summed E-state index contributed by atoms with van der Waals surface area (Å²) in [5.41, 5.74) is 6.92. The Hall–Kier alpha value is -2.87. The molecule has 1 N–H and O–H groups in total. The van der Waals surface area contributed by atoms with Crippen LogP contribution in [0, 0.1) is 33.6 Å². The summed E-state index contributed by atoms with van der Waals surface area (Å²) < 4.78 is 5.81. The highest BCUT2D eigenvalue weighted by atomic mass is 32.1. The molecule has 0 amide bonds. The lowest BCUT2D eigenvalue weighted by Gasteiger charge is -2.13. The fraction of sp³-hybridized carbons (Fsp3) is 0.345. The minimum atomic E-state index is 0.131. The molecule has 0 unspecified atom stereocenters. The van der Waals surface area contributed by atoms with Crippen LogP contribution in [-0.2, 0) is 12.8 Å². The van der Waals surface area contributed by atoms with Gasteiger partial charge in [-0.2, -0.15) is 0 Å². The first-order chi connectivity index (χ1) is 15.9. The molecule has 0 aliphatic rings. The van der Waals surface area contributed by atoms with Crippen LogP contribution < -0.4 is 4.74 Å². The Kier molecular flexibility index (Phi) is 10.4. The lowest BCUT2D eigenvalue weighted by atomic mass is 10.00. The topological polar surface area (TPSA) is 46.5 Å². The molecule has 0 saturated carbocycles. The van der Waals surface area contributed by atoms with E-state index in [0.29, 0.717) is 19.4 Å². The van der Waals surface area contributed by atoms with Crippen LogP contribution in [0.5, 0.6) is 5.75 Å². The third-order valence-corrected chi connectivity index (χ3v) is 6.80. The van der Waals surface area contributed by atoms with E-state index < -0.39 is 0 Å². The Labute approximate surface area is 202 Å². The Morgan fingerprint density at radius 3 is 2.24 bits per heavy atom. The first-order valence-corrected chi connectivity index (χ1v) is 12.1. The molecule has 0 radical (unpaired) electrons. The van der Waals surface area contributed by atoms with Gasteiger partial charge in [0.15, 0.2) is 5.78 Å². The number of Topliss-reactive ketones (excluding diaryl/α,β-unsaturated/α-hetero) is 1. The first kappa shape index (κ1) is 26.4. The Morgan fingerprint density at radius 1 is 1.03 bits per heavy atom. The average molecular weight is 463 g/mol. The van der Waals surface area contributed by atoms with Crippen molar-refractivity contribution in [3.8, 4) is 29.7 Å². The number of terminal acetylenes is 1. The number of carbonyl (C=O) groups is 1. The number of aliphatic hydroxyl groups is 1. The van der Waals surface area contributed by atoms with Gasteiger partial charge < -0.3 is 9.84 Å².